The van der Waals surface area contributed by atoms with Crippen molar-refractivity contribution in [3.8, 4) is 0 Å². The Kier molecular flexibility index (Phi) is 6.77. The molecule has 6 nitrogen and oxygen atoms in total. The second kappa shape index (κ2) is 9.30. The molecule has 3 rings (SSSR count). The van der Waals surface area contributed by atoms with E-state index in [1.54, 1.807) is 24.3 Å². The number of hydrogen-bond donors (Lipinski definition) is 3. The number of hydrogen-bond acceptors (Lipinski definition) is 3. The van der Waals surface area contributed by atoms with E-state index in [9.17, 15) is 9.59 Å². The van der Waals surface area contributed by atoms with Gasteiger partial charge >= 0.3 is 6.03 Å². The summed E-state index contributed by atoms with van der Waals surface area (Å²) in [5, 5.41) is 8.59. The Hall–Kier alpha value is -2.86. The molecule has 3 N–H and O–H groups in total. The van der Waals surface area contributed by atoms with Gasteiger partial charge in [0, 0.05) is 42.5 Å². The van der Waals surface area contributed by atoms with Crippen LogP contribution in [0.2, 0.25) is 0 Å². The molecule has 0 spiro atoms. The van der Waals surface area contributed by atoms with Crippen LogP contribution in [0.25, 0.3) is 0 Å². The average molecular weight is 409 g/mol. The molecule has 1 heterocycles. The van der Waals surface area contributed by atoms with E-state index in [-0.39, 0.29) is 23.5 Å². The molecule has 3 amide bonds. The molecular weight excluding hydrogens is 376 g/mol. The Morgan fingerprint density at radius 3 is 2.37 bits per heavy atom. The molecule has 2 aromatic carbocycles. The molecule has 0 fully saturated rings. The summed E-state index contributed by atoms with van der Waals surface area (Å²) < 4.78 is 0. The SMILES string of the molecule is CC(C)NC(=O)Nc1ccc(C(=O)NCC(C)(C)N2CCc3ccccc3C2)cc1. The van der Waals surface area contributed by atoms with Gasteiger partial charge in [-0.1, -0.05) is 24.3 Å². The van der Waals surface area contributed by atoms with Gasteiger partial charge in [0.2, 0.25) is 0 Å². The van der Waals surface area contributed by atoms with Crippen molar-refractivity contribution in [2.75, 3.05) is 18.4 Å². The van der Waals surface area contributed by atoms with Gasteiger partial charge in [-0.15, -0.1) is 0 Å². The van der Waals surface area contributed by atoms with Crippen molar-refractivity contribution in [1.29, 1.82) is 0 Å². The average Bonchev–Trinajstić information content (AvgIpc) is 2.71. The molecule has 160 valence electrons. The molecule has 0 saturated carbocycles. The number of nitrogens with zero attached hydrogens (tertiary/aromatic N) is 1. The molecule has 6 heteroatoms. The van der Waals surface area contributed by atoms with Crippen LogP contribution in [0.4, 0.5) is 10.5 Å². The fourth-order valence-electron chi connectivity index (χ4n) is 3.66. The quantitative estimate of drug-likeness (QED) is 0.681. The zero-order valence-corrected chi connectivity index (χ0v) is 18.3. The normalized spacial score (nSPS) is 14.2. The number of fused-ring (bicyclic) bond motifs is 1. The van der Waals surface area contributed by atoms with Crippen LogP contribution in [0.5, 0.6) is 0 Å². The smallest absolute Gasteiger partial charge is 0.319 e. The lowest BCUT2D eigenvalue weighted by atomic mass is 9.94. The maximum atomic E-state index is 12.6. The Balaban J connectivity index is 1.54. The van der Waals surface area contributed by atoms with E-state index in [4.69, 9.17) is 0 Å². The maximum absolute atomic E-state index is 12.6. The van der Waals surface area contributed by atoms with Crippen LogP contribution < -0.4 is 16.0 Å². The third kappa shape index (κ3) is 5.60. The number of carbonyl (C=O) groups is 2. The van der Waals surface area contributed by atoms with Gasteiger partial charge in [0.15, 0.2) is 0 Å². The van der Waals surface area contributed by atoms with E-state index in [1.165, 1.54) is 11.1 Å². The molecule has 0 unspecified atom stereocenters. The molecule has 0 saturated heterocycles. The van der Waals surface area contributed by atoms with Gasteiger partial charge in [-0.05, 0) is 69.5 Å². The largest absolute Gasteiger partial charge is 0.350 e. The Labute approximate surface area is 179 Å². The first-order chi connectivity index (χ1) is 14.2. The maximum Gasteiger partial charge on any atom is 0.319 e. The van der Waals surface area contributed by atoms with Crippen LogP contribution in [0.15, 0.2) is 48.5 Å². The Morgan fingerprint density at radius 1 is 1.03 bits per heavy atom. The molecule has 1 aliphatic rings. The number of carbonyl (C=O) groups excluding carboxylic acids is 2. The van der Waals surface area contributed by atoms with Gasteiger partial charge in [-0.2, -0.15) is 0 Å². The van der Waals surface area contributed by atoms with Crippen LogP contribution in [-0.4, -0.2) is 41.5 Å². The molecule has 1 aliphatic heterocycles. The molecule has 0 aliphatic carbocycles. The first-order valence-corrected chi connectivity index (χ1v) is 10.5. The van der Waals surface area contributed by atoms with Gasteiger partial charge in [0.25, 0.3) is 5.91 Å². The third-order valence-electron chi connectivity index (χ3n) is 5.49. The molecule has 0 aromatic heterocycles. The van der Waals surface area contributed by atoms with E-state index >= 15 is 0 Å². The van der Waals surface area contributed by atoms with Crippen LogP contribution in [0.1, 0.15) is 49.2 Å². The lowest BCUT2D eigenvalue weighted by Gasteiger charge is -2.41. The standard InChI is InChI=1S/C24H32N4O2/c1-17(2)26-23(30)27-21-11-9-19(10-12-21)22(29)25-16-24(3,4)28-14-13-18-7-5-6-8-20(18)15-28/h5-12,17H,13-16H2,1-4H3,(H,25,29)(H2,26,27,30). The van der Waals surface area contributed by atoms with E-state index in [0.717, 1.165) is 19.5 Å². The van der Waals surface area contributed by atoms with E-state index in [0.29, 0.717) is 17.8 Å². The van der Waals surface area contributed by atoms with Gasteiger partial charge < -0.3 is 16.0 Å². The van der Waals surface area contributed by atoms with Gasteiger partial charge in [0.1, 0.15) is 0 Å². The number of rotatable bonds is 6. The lowest BCUT2D eigenvalue weighted by molar-refractivity contribution is 0.0826. The predicted octanol–water partition coefficient (Wildman–Crippen LogP) is 3.78. The van der Waals surface area contributed by atoms with Crippen LogP contribution in [0, 0.1) is 0 Å². The summed E-state index contributed by atoms with van der Waals surface area (Å²) in [7, 11) is 0. The topological polar surface area (TPSA) is 73.5 Å². The minimum absolute atomic E-state index is 0.0618. The van der Waals surface area contributed by atoms with Gasteiger partial charge in [-0.25, -0.2) is 4.79 Å². The van der Waals surface area contributed by atoms with Gasteiger partial charge in [-0.3, -0.25) is 9.69 Å². The van der Waals surface area contributed by atoms with Crippen LogP contribution in [-0.2, 0) is 13.0 Å². The molecule has 2 aromatic rings. The number of benzene rings is 2. The first kappa shape index (κ1) is 21.8. The summed E-state index contributed by atoms with van der Waals surface area (Å²) >= 11 is 0. The highest BCUT2D eigenvalue weighted by Crippen LogP contribution is 2.25. The van der Waals surface area contributed by atoms with Gasteiger partial charge in [0.05, 0.1) is 0 Å². The van der Waals surface area contributed by atoms with E-state index < -0.39 is 0 Å². The van der Waals surface area contributed by atoms with Crippen molar-refractivity contribution >= 4 is 17.6 Å². The highest BCUT2D eigenvalue weighted by Gasteiger charge is 2.30. The number of nitrogens with one attached hydrogen (secondary N) is 3. The van der Waals surface area contributed by atoms with Crippen LogP contribution in [0.3, 0.4) is 0 Å². The second-order valence-electron chi connectivity index (χ2n) is 8.77. The third-order valence-corrected chi connectivity index (χ3v) is 5.49. The summed E-state index contributed by atoms with van der Waals surface area (Å²) in [5.74, 6) is -0.112. The van der Waals surface area contributed by atoms with Crippen molar-refractivity contribution in [2.24, 2.45) is 0 Å². The summed E-state index contributed by atoms with van der Waals surface area (Å²) in [6.07, 6.45) is 1.03. The minimum Gasteiger partial charge on any atom is -0.350 e. The fourth-order valence-corrected chi connectivity index (χ4v) is 3.66. The number of amides is 3. The Bertz CT molecular complexity index is 890. The van der Waals surface area contributed by atoms with Crippen molar-refractivity contribution in [3.63, 3.8) is 0 Å². The van der Waals surface area contributed by atoms with Crippen molar-refractivity contribution in [1.82, 2.24) is 15.5 Å². The van der Waals surface area contributed by atoms with Crippen LogP contribution >= 0.6 is 0 Å². The summed E-state index contributed by atoms with van der Waals surface area (Å²) in [4.78, 5) is 26.8. The zero-order chi connectivity index (χ0) is 21.7. The van der Waals surface area contributed by atoms with Crippen molar-refractivity contribution in [3.05, 3.63) is 65.2 Å². The Morgan fingerprint density at radius 2 is 1.70 bits per heavy atom. The van der Waals surface area contributed by atoms with Crippen molar-refractivity contribution in [2.45, 2.75) is 52.2 Å². The minimum atomic E-state index is -0.257. The van der Waals surface area contributed by atoms with Crippen molar-refractivity contribution < 1.29 is 9.59 Å². The molecule has 0 radical (unpaired) electrons. The molecule has 30 heavy (non-hydrogen) atoms. The summed E-state index contributed by atoms with van der Waals surface area (Å²) in [5.41, 5.74) is 3.86. The molecule has 0 bridgehead atoms. The molecular formula is C24H32N4O2. The van der Waals surface area contributed by atoms with E-state index in [1.807, 2.05) is 13.8 Å². The predicted molar refractivity (Wildman–Crippen MR) is 121 cm³/mol. The zero-order valence-electron chi connectivity index (χ0n) is 18.3. The van der Waals surface area contributed by atoms with E-state index in [2.05, 4.69) is 59.0 Å². The molecule has 0 atom stereocenters. The second-order valence-corrected chi connectivity index (χ2v) is 8.77. The number of anilines is 1. The highest BCUT2D eigenvalue weighted by atomic mass is 16.2. The number of urea groups is 1. The summed E-state index contributed by atoms with van der Waals surface area (Å²) in [6.45, 7) is 10.6. The highest BCUT2D eigenvalue weighted by molar-refractivity contribution is 5.95. The first-order valence-electron chi connectivity index (χ1n) is 10.5. The fraction of sp³-hybridized carbons (Fsp3) is 0.417. The monoisotopic (exact) mass is 408 g/mol. The summed E-state index contributed by atoms with van der Waals surface area (Å²) in [6, 6.07) is 15.3. The lowest BCUT2D eigenvalue weighted by Crippen LogP contribution is -2.53.